The highest BCUT2D eigenvalue weighted by molar-refractivity contribution is 7.10. The Morgan fingerprint density at radius 1 is 1.30 bits per heavy atom. The summed E-state index contributed by atoms with van der Waals surface area (Å²) in [7, 11) is 0. The zero-order valence-corrected chi connectivity index (χ0v) is 12.6. The lowest BCUT2D eigenvalue weighted by atomic mass is 9.85. The van der Waals surface area contributed by atoms with Crippen LogP contribution in [0.2, 0.25) is 0 Å². The van der Waals surface area contributed by atoms with Crippen LogP contribution >= 0.6 is 11.3 Å². The van der Waals surface area contributed by atoms with Crippen molar-refractivity contribution in [2.45, 2.75) is 57.0 Å². The number of carbonyl (C=O) groups excluding carboxylic acids is 1. The van der Waals surface area contributed by atoms with Crippen LogP contribution in [0.1, 0.15) is 54.9 Å². The molecule has 0 aromatic carbocycles. The quantitative estimate of drug-likeness (QED) is 0.900. The van der Waals surface area contributed by atoms with Gasteiger partial charge < -0.3 is 10.4 Å². The van der Waals surface area contributed by atoms with Gasteiger partial charge in [-0.1, -0.05) is 12.8 Å². The normalized spacial score (nSPS) is 29.8. The van der Waals surface area contributed by atoms with E-state index >= 15 is 0 Å². The van der Waals surface area contributed by atoms with Crippen molar-refractivity contribution in [3.8, 4) is 0 Å². The lowest BCUT2D eigenvalue weighted by molar-refractivity contribution is -0.123. The molecule has 3 nitrogen and oxygen atoms in total. The van der Waals surface area contributed by atoms with Gasteiger partial charge in [-0.05, 0) is 49.1 Å². The van der Waals surface area contributed by atoms with Crippen LogP contribution < -0.4 is 5.32 Å². The predicted octanol–water partition coefficient (Wildman–Crippen LogP) is 2.84. The molecule has 3 atom stereocenters. The van der Waals surface area contributed by atoms with Gasteiger partial charge in [-0.25, -0.2) is 0 Å². The highest BCUT2D eigenvalue weighted by atomic mass is 32.1. The van der Waals surface area contributed by atoms with Crippen LogP contribution in [-0.2, 0) is 11.2 Å². The predicted molar refractivity (Wildman–Crippen MR) is 81.0 cm³/mol. The first-order valence-corrected chi connectivity index (χ1v) is 8.65. The van der Waals surface area contributed by atoms with Crippen molar-refractivity contribution >= 4 is 17.2 Å². The minimum Gasteiger partial charge on any atom is -0.393 e. The number of thiophene rings is 1. The van der Waals surface area contributed by atoms with E-state index in [2.05, 4.69) is 16.8 Å². The summed E-state index contributed by atoms with van der Waals surface area (Å²) in [5.74, 6) is 0.436. The first-order chi connectivity index (χ1) is 9.75. The van der Waals surface area contributed by atoms with E-state index in [0.717, 1.165) is 38.5 Å². The van der Waals surface area contributed by atoms with Crippen molar-refractivity contribution in [1.29, 1.82) is 0 Å². The molecule has 1 aromatic rings. The third kappa shape index (κ3) is 2.91. The smallest absolute Gasteiger partial charge is 0.227 e. The molecule has 0 spiro atoms. The van der Waals surface area contributed by atoms with Gasteiger partial charge in [0.15, 0.2) is 0 Å². The van der Waals surface area contributed by atoms with Gasteiger partial charge in [0.05, 0.1) is 12.0 Å². The van der Waals surface area contributed by atoms with Crippen molar-refractivity contribution in [1.82, 2.24) is 5.32 Å². The Bertz CT molecular complexity index is 471. The summed E-state index contributed by atoms with van der Waals surface area (Å²) in [5.41, 5.74) is 1.24. The third-order valence-electron chi connectivity index (χ3n) is 4.78. The zero-order chi connectivity index (χ0) is 13.9. The molecule has 3 unspecified atom stereocenters. The summed E-state index contributed by atoms with van der Waals surface area (Å²) in [6, 6.07) is 2.11. The molecule has 110 valence electrons. The maximum Gasteiger partial charge on any atom is 0.227 e. The van der Waals surface area contributed by atoms with Crippen LogP contribution in [0.4, 0.5) is 0 Å². The fourth-order valence-electron chi connectivity index (χ4n) is 3.54. The number of aryl methyl sites for hydroxylation is 1. The second kappa shape index (κ2) is 6.27. The number of hydrogen-bond donors (Lipinski definition) is 2. The highest BCUT2D eigenvalue weighted by Gasteiger charge is 2.29. The Balaban J connectivity index is 1.58. The van der Waals surface area contributed by atoms with Gasteiger partial charge in [0.2, 0.25) is 5.91 Å². The fourth-order valence-corrected chi connectivity index (χ4v) is 4.53. The molecule has 0 radical (unpaired) electrons. The van der Waals surface area contributed by atoms with Gasteiger partial charge >= 0.3 is 0 Å². The maximum atomic E-state index is 12.4. The molecule has 1 aromatic heterocycles. The molecule has 1 saturated carbocycles. The van der Waals surface area contributed by atoms with E-state index in [4.69, 9.17) is 0 Å². The van der Waals surface area contributed by atoms with E-state index in [1.54, 1.807) is 11.3 Å². The number of nitrogens with one attached hydrogen (secondary N) is 1. The fraction of sp³-hybridized carbons (Fsp3) is 0.688. The molecule has 3 rings (SSSR count). The lowest BCUT2D eigenvalue weighted by Crippen LogP contribution is -2.39. The van der Waals surface area contributed by atoms with Crippen LogP contribution in [0.3, 0.4) is 0 Å². The Morgan fingerprint density at radius 2 is 2.15 bits per heavy atom. The molecular weight excluding hydrogens is 270 g/mol. The van der Waals surface area contributed by atoms with Crippen LogP contribution in [-0.4, -0.2) is 23.7 Å². The van der Waals surface area contributed by atoms with Gasteiger partial charge in [0, 0.05) is 17.3 Å². The summed E-state index contributed by atoms with van der Waals surface area (Å²) in [4.78, 5) is 13.8. The summed E-state index contributed by atoms with van der Waals surface area (Å²) in [6.45, 7) is 0.635. The molecule has 2 aliphatic carbocycles. The van der Waals surface area contributed by atoms with Gasteiger partial charge in [-0.2, -0.15) is 0 Å². The molecule has 2 aliphatic rings. The molecule has 0 saturated heterocycles. The SMILES string of the molecule is O=C(NCC1CCCCC1O)C1CCCc2sccc21. The van der Waals surface area contributed by atoms with Crippen LogP contribution in [0.25, 0.3) is 0 Å². The minimum absolute atomic E-state index is 0.0331. The number of aliphatic hydroxyl groups is 1. The lowest BCUT2D eigenvalue weighted by Gasteiger charge is -2.29. The van der Waals surface area contributed by atoms with Gasteiger partial charge in [-0.3, -0.25) is 4.79 Å². The molecule has 1 fully saturated rings. The number of carbonyl (C=O) groups is 1. The minimum atomic E-state index is -0.230. The van der Waals surface area contributed by atoms with E-state index in [1.807, 2.05) is 0 Å². The molecule has 20 heavy (non-hydrogen) atoms. The molecule has 0 bridgehead atoms. The Kier molecular flexibility index (Phi) is 4.41. The molecule has 0 aliphatic heterocycles. The first kappa shape index (κ1) is 14.1. The van der Waals surface area contributed by atoms with Crippen LogP contribution in [0.15, 0.2) is 11.4 Å². The number of amides is 1. The molecule has 1 amide bonds. The Morgan fingerprint density at radius 3 is 3.00 bits per heavy atom. The van der Waals surface area contributed by atoms with Crippen LogP contribution in [0.5, 0.6) is 0 Å². The maximum absolute atomic E-state index is 12.4. The largest absolute Gasteiger partial charge is 0.393 e. The third-order valence-corrected chi connectivity index (χ3v) is 5.77. The van der Waals surface area contributed by atoms with Gasteiger partial charge in [0.1, 0.15) is 0 Å². The monoisotopic (exact) mass is 293 g/mol. The summed E-state index contributed by atoms with van der Waals surface area (Å²) < 4.78 is 0. The first-order valence-electron chi connectivity index (χ1n) is 7.77. The number of hydrogen-bond acceptors (Lipinski definition) is 3. The van der Waals surface area contributed by atoms with Crippen molar-refractivity contribution in [3.05, 3.63) is 21.9 Å². The van der Waals surface area contributed by atoms with E-state index in [-0.39, 0.29) is 23.8 Å². The summed E-state index contributed by atoms with van der Waals surface area (Å²) in [5, 5.41) is 15.2. The molecule has 4 heteroatoms. The van der Waals surface area contributed by atoms with E-state index in [1.165, 1.54) is 16.9 Å². The highest BCUT2D eigenvalue weighted by Crippen LogP contribution is 2.35. The summed E-state index contributed by atoms with van der Waals surface area (Å²) >= 11 is 1.77. The number of aliphatic hydroxyl groups excluding tert-OH is 1. The Labute approximate surface area is 124 Å². The summed E-state index contributed by atoms with van der Waals surface area (Å²) in [6.07, 6.45) is 7.18. The van der Waals surface area contributed by atoms with Crippen LogP contribution in [0, 0.1) is 5.92 Å². The van der Waals surface area contributed by atoms with Gasteiger partial charge in [-0.15, -0.1) is 11.3 Å². The second-order valence-corrected chi connectivity index (χ2v) is 7.10. The van der Waals surface area contributed by atoms with E-state index in [0.29, 0.717) is 6.54 Å². The topological polar surface area (TPSA) is 49.3 Å². The standard InChI is InChI=1S/C16H23NO2S/c18-14-6-2-1-4-11(14)10-17-16(19)13-5-3-7-15-12(13)8-9-20-15/h8-9,11,13-14,18H,1-7,10H2,(H,17,19). The van der Waals surface area contributed by atoms with Gasteiger partial charge in [0.25, 0.3) is 0 Å². The van der Waals surface area contributed by atoms with Crippen molar-refractivity contribution in [2.24, 2.45) is 5.92 Å². The number of fused-ring (bicyclic) bond motifs is 1. The molecule has 2 N–H and O–H groups in total. The second-order valence-electron chi connectivity index (χ2n) is 6.10. The molecular formula is C16H23NO2S. The number of rotatable bonds is 3. The van der Waals surface area contributed by atoms with Crippen molar-refractivity contribution in [2.75, 3.05) is 6.54 Å². The van der Waals surface area contributed by atoms with Crippen molar-refractivity contribution < 1.29 is 9.90 Å². The average Bonchev–Trinajstić information content (AvgIpc) is 2.94. The van der Waals surface area contributed by atoms with Crippen molar-refractivity contribution in [3.63, 3.8) is 0 Å². The Hall–Kier alpha value is -0.870. The average molecular weight is 293 g/mol. The van der Waals surface area contributed by atoms with E-state index < -0.39 is 0 Å². The molecule has 1 heterocycles. The zero-order valence-electron chi connectivity index (χ0n) is 11.8. The van der Waals surface area contributed by atoms with E-state index in [9.17, 15) is 9.90 Å².